The van der Waals surface area contributed by atoms with Crippen molar-refractivity contribution < 1.29 is 0 Å². The summed E-state index contributed by atoms with van der Waals surface area (Å²) in [5, 5.41) is 0. The summed E-state index contributed by atoms with van der Waals surface area (Å²) in [5.41, 5.74) is 12.5. The molecule has 7 aliphatic heterocycles. The van der Waals surface area contributed by atoms with Crippen LogP contribution in [0.3, 0.4) is 0 Å². The summed E-state index contributed by atoms with van der Waals surface area (Å²) in [6.45, 7) is 0. The Bertz CT molecular complexity index is 2040. The summed E-state index contributed by atoms with van der Waals surface area (Å²) in [5.74, 6) is 0. The molecule has 56 heavy (non-hydrogen) atoms. The Morgan fingerprint density at radius 3 is 0.750 bits per heavy atom. The van der Waals surface area contributed by atoms with E-state index in [1.807, 2.05) is 24.9 Å². The average Bonchev–Trinajstić information content (AvgIpc) is 3.27. The van der Waals surface area contributed by atoms with Crippen molar-refractivity contribution in [3.63, 3.8) is 0 Å². The van der Waals surface area contributed by atoms with Gasteiger partial charge < -0.3 is 0 Å². The second-order valence-corrected chi connectivity index (χ2v) is 15.3. The molecule has 6 heteroatoms. The van der Waals surface area contributed by atoms with E-state index in [0.717, 1.165) is 93.0 Å². The first-order valence-electron chi connectivity index (χ1n) is 20.2. The second-order valence-electron chi connectivity index (χ2n) is 15.3. The van der Waals surface area contributed by atoms with Gasteiger partial charge >= 0.3 is 0 Å². The summed E-state index contributed by atoms with van der Waals surface area (Å²) in [4.78, 5) is 30.4. The molecule has 2 aromatic heterocycles. The van der Waals surface area contributed by atoms with E-state index in [-0.39, 0.29) is 24.2 Å². The minimum Gasteiger partial charge on any atom is -0.287 e. The predicted molar refractivity (Wildman–Crippen MR) is 233 cm³/mol. The quantitative estimate of drug-likeness (QED) is 0.156. The lowest BCUT2D eigenvalue weighted by Gasteiger charge is -2.25. The maximum absolute atomic E-state index is 5.07. The Labute approximate surface area is 330 Å². The topological polar surface area (TPSA) is 75.2 Å². The highest BCUT2D eigenvalue weighted by Crippen LogP contribution is 2.28. The molecule has 2 fully saturated rings. The second kappa shape index (κ2) is 16.7. The van der Waals surface area contributed by atoms with E-state index in [2.05, 4.69) is 133 Å². The molecule has 276 valence electrons. The van der Waals surface area contributed by atoms with Crippen LogP contribution in [0.4, 0.5) is 0 Å². The maximum Gasteiger partial charge on any atom is 0.0723 e. The van der Waals surface area contributed by atoms with Crippen molar-refractivity contribution in [2.24, 2.45) is 20.0 Å². The maximum atomic E-state index is 5.07. The third-order valence-corrected chi connectivity index (χ3v) is 11.4. The number of aromatic nitrogens is 2. The molecule has 0 radical (unpaired) electrons. The SMILES string of the molecule is C1=N[C@H]2CCCC[C@@H]2N=Cc2ccc(cc2)-c2cccc(n2)-c2ccc(cc2)C=N[C@H]2CCCC[C@@H]2N=Cc2ccc(cc2)-c2cccc(n2)-c2ccc1cc2. The number of aliphatic imine (C=N–C) groups is 4. The molecule has 6 aromatic rings. The predicted octanol–water partition coefficient (Wildman–Crippen LogP) is 11.2. The van der Waals surface area contributed by atoms with Crippen LogP contribution >= 0.6 is 0 Å². The van der Waals surface area contributed by atoms with Crippen molar-refractivity contribution in [2.45, 2.75) is 75.5 Å². The Morgan fingerprint density at radius 2 is 0.518 bits per heavy atom. The smallest absolute Gasteiger partial charge is 0.0723 e. The van der Waals surface area contributed by atoms with Crippen molar-refractivity contribution in [1.82, 2.24) is 9.97 Å². The van der Waals surface area contributed by atoms with Crippen LogP contribution in [-0.2, 0) is 0 Å². The lowest BCUT2D eigenvalue weighted by Crippen LogP contribution is -2.27. The number of hydrogen-bond donors (Lipinski definition) is 0. The summed E-state index contributed by atoms with van der Waals surface area (Å²) < 4.78 is 0. The first kappa shape index (κ1) is 35.6. The van der Waals surface area contributed by atoms with Gasteiger partial charge in [0.25, 0.3) is 0 Å². The average molecular weight is 731 g/mol. The normalized spacial score (nSPS) is 20.7. The zero-order valence-electron chi connectivity index (χ0n) is 31.7. The molecular weight excluding hydrogens is 685 g/mol. The van der Waals surface area contributed by atoms with Gasteiger partial charge in [-0.1, -0.05) is 135 Å². The number of nitrogens with zero attached hydrogens (tertiary/aromatic N) is 6. The molecule has 0 unspecified atom stereocenters. The zero-order valence-corrected chi connectivity index (χ0v) is 31.7. The van der Waals surface area contributed by atoms with Crippen LogP contribution in [0.15, 0.2) is 153 Å². The lowest BCUT2D eigenvalue weighted by atomic mass is 9.91. The fourth-order valence-corrected chi connectivity index (χ4v) is 8.08. The summed E-state index contributed by atoms with van der Waals surface area (Å²) in [6, 6.07) is 47.4. The molecule has 6 nitrogen and oxygen atoms in total. The van der Waals surface area contributed by atoms with Crippen LogP contribution in [0, 0.1) is 0 Å². The fourth-order valence-electron chi connectivity index (χ4n) is 8.08. The first-order chi connectivity index (χ1) is 27.7. The van der Waals surface area contributed by atoms with E-state index in [0.29, 0.717) is 0 Å². The first-order valence-corrected chi connectivity index (χ1v) is 20.2. The summed E-state index contributed by atoms with van der Waals surface area (Å²) in [7, 11) is 0. The van der Waals surface area contributed by atoms with Gasteiger partial charge in [0.1, 0.15) is 0 Å². The number of benzene rings is 4. The number of hydrogen-bond acceptors (Lipinski definition) is 6. The van der Waals surface area contributed by atoms with Crippen molar-refractivity contribution >= 4 is 24.9 Å². The van der Waals surface area contributed by atoms with Gasteiger partial charge in [0, 0.05) is 47.1 Å². The highest BCUT2D eigenvalue weighted by Gasteiger charge is 2.24. The van der Waals surface area contributed by atoms with Gasteiger partial charge in [-0.25, -0.2) is 9.97 Å². The van der Waals surface area contributed by atoms with Crippen molar-refractivity contribution in [1.29, 1.82) is 0 Å². The molecule has 0 spiro atoms. The third-order valence-electron chi connectivity index (χ3n) is 11.4. The molecular formula is C50H46N6. The Kier molecular flexibility index (Phi) is 10.6. The van der Waals surface area contributed by atoms with Crippen LogP contribution in [0.2, 0.25) is 0 Å². The standard InChI is InChI=1S/C50H46N6/c1-2-8-48-47(7-1)51-31-35-15-23-39(24-16-35)43-11-5-13-45(55-43)41-27-19-37(20-28-41)33-53-49-9-3-4-10-50(49)54-34-38-21-29-42(30-22-38)46-14-6-12-44(56-46)40-25-17-36(18-26-40)32-52-48/h5-6,11-34,47-50H,1-4,7-10H2/t47-,48-,49-,50-/m0/s1. The van der Waals surface area contributed by atoms with Gasteiger partial charge in [-0.15, -0.1) is 0 Å². The van der Waals surface area contributed by atoms with E-state index in [1.54, 1.807) is 0 Å². The molecule has 9 aliphatic rings. The Hall–Kier alpha value is -6.14. The molecule has 4 aromatic carbocycles. The summed E-state index contributed by atoms with van der Waals surface area (Å²) >= 11 is 0. The van der Waals surface area contributed by atoms with Gasteiger partial charge in [-0.05, 0) is 72.2 Å². The van der Waals surface area contributed by atoms with E-state index < -0.39 is 0 Å². The molecule has 2 saturated carbocycles. The number of pyridine rings is 2. The highest BCUT2D eigenvalue weighted by atomic mass is 14.9. The van der Waals surface area contributed by atoms with Crippen LogP contribution in [0.5, 0.6) is 0 Å². The Morgan fingerprint density at radius 1 is 0.286 bits per heavy atom. The minimum absolute atomic E-state index is 0.176. The van der Waals surface area contributed by atoms with Crippen molar-refractivity contribution in [2.75, 3.05) is 0 Å². The van der Waals surface area contributed by atoms with Crippen LogP contribution in [-0.4, -0.2) is 59.0 Å². The highest BCUT2D eigenvalue weighted by molar-refractivity contribution is 5.84. The molecule has 4 atom stereocenters. The van der Waals surface area contributed by atoms with Gasteiger partial charge in [-0.2, -0.15) is 0 Å². The van der Waals surface area contributed by atoms with E-state index >= 15 is 0 Å². The molecule has 15 rings (SSSR count). The molecule has 0 amide bonds. The number of rotatable bonds is 0. The minimum atomic E-state index is 0.176. The van der Waals surface area contributed by atoms with Gasteiger partial charge in [-0.3, -0.25) is 20.0 Å². The van der Waals surface area contributed by atoms with E-state index in [9.17, 15) is 0 Å². The molecule has 0 saturated heterocycles. The van der Waals surface area contributed by atoms with Gasteiger partial charge in [0.2, 0.25) is 0 Å². The fraction of sp³-hybridized carbons (Fsp3) is 0.240. The lowest BCUT2D eigenvalue weighted by molar-refractivity contribution is 0.390. The molecule has 2 aliphatic carbocycles. The molecule has 0 N–H and O–H groups in total. The van der Waals surface area contributed by atoms with E-state index in [4.69, 9.17) is 29.9 Å². The third kappa shape index (κ3) is 8.40. The van der Waals surface area contributed by atoms with E-state index in [1.165, 1.54) is 25.7 Å². The van der Waals surface area contributed by atoms with Gasteiger partial charge in [0.05, 0.1) is 46.9 Å². The van der Waals surface area contributed by atoms with Crippen LogP contribution in [0.1, 0.15) is 73.6 Å². The zero-order chi connectivity index (χ0) is 37.5. The largest absolute Gasteiger partial charge is 0.287 e. The summed E-state index contributed by atoms with van der Waals surface area (Å²) in [6.07, 6.45) is 17.1. The monoisotopic (exact) mass is 730 g/mol. The van der Waals surface area contributed by atoms with Crippen molar-refractivity contribution in [3.05, 3.63) is 156 Å². The molecule has 9 heterocycles. The van der Waals surface area contributed by atoms with Crippen molar-refractivity contribution in [3.8, 4) is 45.0 Å². The molecule has 12 bridgehead atoms. The Balaban J connectivity index is 1.02. The van der Waals surface area contributed by atoms with Crippen LogP contribution in [0.25, 0.3) is 45.0 Å². The van der Waals surface area contributed by atoms with Crippen LogP contribution < -0.4 is 0 Å². The van der Waals surface area contributed by atoms with Gasteiger partial charge in [0.15, 0.2) is 0 Å².